The second kappa shape index (κ2) is 6.75. The Morgan fingerprint density at radius 3 is 2.57 bits per heavy atom. The van der Waals surface area contributed by atoms with Gasteiger partial charge in [-0.25, -0.2) is 9.59 Å². The lowest BCUT2D eigenvalue weighted by atomic mass is 10.1. The number of hydrogen-bond donors (Lipinski definition) is 2. The van der Waals surface area contributed by atoms with Crippen LogP contribution in [0.4, 0.5) is 4.79 Å². The first-order chi connectivity index (χ1) is 10.1. The van der Waals surface area contributed by atoms with E-state index in [0.29, 0.717) is 12.1 Å². The van der Waals surface area contributed by atoms with Crippen LogP contribution in [0.3, 0.4) is 0 Å². The largest absolute Gasteiger partial charge is 0.479 e. The zero-order valence-electron chi connectivity index (χ0n) is 11.5. The van der Waals surface area contributed by atoms with Gasteiger partial charge in [-0.3, -0.25) is 0 Å². The van der Waals surface area contributed by atoms with E-state index in [1.54, 1.807) is 35.2 Å². The molecule has 2 N–H and O–H groups in total. The summed E-state index contributed by atoms with van der Waals surface area (Å²) in [7, 11) is 0. The summed E-state index contributed by atoms with van der Waals surface area (Å²) < 4.78 is 0. The van der Waals surface area contributed by atoms with E-state index in [2.05, 4.69) is 5.32 Å². The molecule has 0 heterocycles. The van der Waals surface area contributed by atoms with Crippen LogP contribution in [-0.2, 0) is 4.79 Å². The van der Waals surface area contributed by atoms with Crippen molar-refractivity contribution in [2.24, 2.45) is 0 Å². The lowest BCUT2D eigenvalue weighted by Crippen LogP contribution is -2.45. The van der Waals surface area contributed by atoms with Crippen LogP contribution in [0, 0.1) is 11.3 Å². The molecule has 1 aromatic carbocycles. The Kier molecular flexibility index (Phi) is 4.77. The van der Waals surface area contributed by atoms with E-state index in [9.17, 15) is 14.7 Å². The van der Waals surface area contributed by atoms with Gasteiger partial charge < -0.3 is 15.3 Å². The van der Waals surface area contributed by atoms with Gasteiger partial charge in [0.25, 0.3) is 0 Å². The van der Waals surface area contributed by atoms with Gasteiger partial charge in [0.2, 0.25) is 0 Å². The third kappa shape index (κ3) is 3.96. The number of carboxylic acid groups (broad SMARTS) is 1. The van der Waals surface area contributed by atoms with Crippen LogP contribution >= 0.6 is 0 Å². The van der Waals surface area contributed by atoms with Crippen molar-refractivity contribution >= 4 is 12.0 Å². The van der Waals surface area contributed by atoms with Crippen molar-refractivity contribution in [2.75, 3.05) is 6.54 Å². The van der Waals surface area contributed by atoms with Crippen molar-refractivity contribution in [1.29, 1.82) is 5.26 Å². The highest BCUT2D eigenvalue weighted by Crippen LogP contribution is 2.27. The molecule has 1 aliphatic rings. The molecule has 0 unspecified atom stereocenters. The summed E-state index contributed by atoms with van der Waals surface area (Å²) >= 11 is 0. The van der Waals surface area contributed by atoms with E-state index in [-0.39, 0.29) is 12.5 Å². The summed E-state index contributed by atoms with van der Waals surface area (Å²) in [6.07, 6.45) is 2.05. The Morgan fingerprint density at radius 2 is 2.05 bits per heavy atom. The fourth-order valence-electron chi connectivity index (χ4n) is 2.15. The number of nitrogens with one attached hydrogen (secondary N) is 1. The maximum absolute atomic E-state index is 12.3. The van der Waals surface area contributed by atoms with E-state index in [1.165, 1.54) is 0 Å². The van der Waals surface area contributed by atoms with Gasteiger partial charge in [-0.1, -0.05) is 30.3 Å². The van der Waals surface area contributed by atoms with E-state index in [1.807, 2.05) is 6.07 Å². The molecule has 0 saturated heterocycles. The second-order valence-corrected chi connectivity index (χ2v) is 4.96. The lowest BCUT2D eigenvalue weighted by molar-refractivity contribution is -0.139. The van der Waals surface area contributed by atoms with Crippen molar-refractivity contribution in [2.45, 2.75) is 31.3 Å². The number of benzene rings is 1. The number of amides is 2. The molecule has 2 rings (SSSR count). The SMILES string of the molecule is N#CCCN(C(=O)N[C@H](C(=O)O)c1ccccc1)C1CC1. The molecule has 1 aromatic rings. The first-order valence-electron chi connectivity index (χ1n) is 6.85. The van der Waals surface area contributed by atoms with Crippen LogP contribution in [-0.4, -0.2) is 34.6 Å². The molecular weight excluding hydrogens is 270 g/mol. The zero-order chi connectivity index (χ0) is 15.2. The van der Waals surface area contributed by atoms with E-state index in [0.717, 1.165) is 12.8 Å². The number of rotatable bonds is 6. The van der Waals surface area contributed by atoms with E-state index < -0.39 is 18.0 Å². The number of carbonyl (C=O) groups excluding carboxylic acids is 1. The molecule has 0 bridgehead atoms. The molecule has 1 atom stereocenters. The second-order valence-electron chi connectivity index (χ2n) is 4.96. The highest BCUT2D eigenvalue weighted by molar-refractivity contribution is 5.84. The van der Waals surface area contributed by atoms with Crippen molar-refractivity contribution in [1.82, 2.24) is 10.2 Å². The molecule has 6 nitrogen and oxygen atoms in total. The molecule has 0 spiro atoms. The normalized spacial score (nSPS) is 14.8. The molecule has 2 amide bonds. The molecule has 0 aromatic heterocycles. The van der Waals surface area contributed by atoms with Gasteiger partial charge in [-0.05, 0) is 18.4 Å². The molecule has 6 heteroatoms. The Labute approximate surface area is 123 Å². The van der Waals surface area contributed by atoms with Crippen molar-refractivity contribution in [3.05, 3.63) is 35.9 Å². The summed E-state index contributed by atoms with van der Waals surface area (Å²) in [4.78, 5) is 25.2. The van der Waals surface area contributed by atoms with Gasteiger partial charge in [0.15, 0.2) is 6.04 Å². The van der Waals surface area contributed by atoms with Gasteiger partial charge in [0.05, 0.1) is 12.5 Å². The van der Waals surface area contributed by atoms with Crippen molar-refractivity contribution in [3.8, 4) is 6.07 Å². The van der Waals surface area contributed by atoms with Crippen molar-refractivity contribution < 1.29 is 14.7 Å². The van der Waals surface area contributed by atoms with Gasteiger partial charge >= 0.3 is 12.0 Å². The number of hydrogen-bond acceptors (Lipinski definition) is 3. The van der Waals surface area contributed by atoms with Gasteiger partial charge in [0, 0.05) is 12.6 Å². The first kappa shape index (κ1) is 14.9. The molecular formula is C15H17N3O3. The third-order valence-electron chi connectivity index (χ3n) is 3.36. The first-order valence-corrected chi connectivity index (χ1v) is 6.85. The number of aliphatic carboxylic acids is 1. The summed E-state index contributed by atoms with van der Waals surface area (Å²) in [5, 5.41) is 20.5. The highest BCUT2D eigenvalue weighted by Gasteiger charge is 2.34. The fourth-order valence-corrected chi connectivity index (χ4v) is 2.15. The average Bonchev–Trinajstić information content (AvgIpc) is 3.30. The van der Waals surface area contributed by atoms with Crippen LogP contribution < -0.4 is 5.32 Å². The topological polar surface area (TPSA) is 93.4 Å². The molecule has 0 aliphatic heterocycles. The molecule has 1 saturated carbocycles. The quantitative estimate of drug-likeness (QED) is 0.835. The number of urea groups is 1. The number of carboxylic acids is 1. The minimum atomic E-state index is -1.11. The smallest absolute Gasteiger partial charge is 0.330 e. The molecule has 1 fully saturated rings. The predicted octanol–water partition coefficient (Wildman–Crippen LogP) is 1.90. The summed E-state index contributed by atoms with van der Waals surface area (Å²) in [5.74, 6) is -1.11. The predicted molar refractivity (Wildman–Crippen MR) is 75.3 cm³/mol. The van der Waals surface area contributed by atoms with Crippen LogP contribution in [0.5, 0.6) is 0 Å². The van der Waals surface area contributed by atoms with Crippen LogP contribution in [0.25, 0.3) is 0 Å². The van der Waals surface area contributed by atoms with Crippen molar-refractivity contribution in [3.63, 3.8) is 0 Å². The fraction of sp³-hybridized carbons (Fsp3) is 0.400. The van der Waals surface area contributed by atoms with E-state index in [4.69, 9.17) is 5.26 Å². The third-order valence-corrected chi connectivity index (χ3v) is 3.36. The minimum Gasteiger partial charge on any atom is -0.479 e. The Morgan fingerprint density at radius 1 is 1.38 bits per heavy atom. The number of carbonyl (C=O) groups is 2. The maximum atomic E-state index is 12.3. The van der Waals surface area contributed by atoms with Gasteiger partial charge in [-0.2, -0.15) is 5.26 Å². The van der Waals surface area contributed by atoms with E-state index >= 15 is 0 Å². The van der Waals surface area contributed by atoms with Gasteiger partial charge in [0.1, 0.15) is 0 Å². The highest BCUT2D eigenvalue weighted by atomic mass is 16.4. The lowest BCUT2D eigenvalue weighted by Gasteiger charge is -2.24. The monoisotopic (exact) mass is 287 g/mol. The van der Waals surface area contributed by atoms with Gasteiger partial charge in [-0.15, -0.1) is 0 Å². The zero-order valence-corrected chi connectivity index (χ0v) is 11.5. The van der Waals surface area contributed by atoms with Crippen LogP contribution in [0.2, 0.25) is 0 Å². The molecule has 0 radical (unpaired) electrons. The standard InChI is InChI=1S/C15H17N3O3/c16-9-4-10-18(12-7-8-12)15(21)17-13(14(19)20)11-5-2-1-3-6-11/h1-3,5-6,12-13H,4,7-8,10H2,(H,17,21)(H,19,20)/t13-/m0/s1. The van der Waals surface area contributed by atoms with Crippen LogP contribution in [0.1, 0.15) is 30.9 Å². The summed E-state index contributed by atoms with van der Waals surface area (Å²) in [6.45, 7) is 0.328. The number of nitrogens with zero attached hydrogens (tertiary/aromatic N) is 2. The molecule has 110 valence electrons. The van der Waals surface area contributed by atoms with Crippen LogP contribution in [0.15, 0.2) is 30.3 Å². The number of nitriles is 1. The Hall–Kier alpha value is -2.55. The average molecular weight is 287 g/mol. The Balaban J connectivity index is 2.07. The minimum absolute atomic E-state index is 0.128. The summed E-state index contributed by atoms with van der Waals surface area (Å²) in [6, 6.07) is 9.19. The Bertz CT molecular complexity index is 549. The molecule has 21 heavy (non-hydrogen) atoms. The molecule has 1 aliphatic carbocycles. The maximum Gasteiger partial charge on any atom is 0.330 e. The summed E-state index contributed by atoms with van der Waals surface area (Å²) in [5.41, 5.74) is 0.523.